The summed E-state index contributed by atoms with van der Waals surface area (Å²) in [5, 5.41) is 0. The highest BCUT2D eigenvalue weighted by Crippen LogP contribution is 2.23. The van der Waals surface area contributed by atoms with Gasteiger partial charge in [0, 0.05) is 29.3 Å². The predicted molar refractivity (Wildman–Crippen MR) is 100 cm³/mol. The van der Waals surface area contributed by atoms with Crippen LogP contribution in [-0.2, 0) is 10.0 Å². The van der Waals surface area contributed by atoms with Gasteiger partial charge < -0.3 is 0 Å². The van der Waals surface area contributed by atoms with Gasteiger partial charge in [0.05, 0.1) is 5.69 Å². The van der Waals surface area contributed by atoms with E-state index in [1.54, 1.807) is 24.3 Å². The van der Waals surface area contributed by atoms with E-state index in [-0.39, 0.29) is 0 Å². The Kier molecular flexibility index (Phi) is 4.12. The van der Waals surface area contributed by atoms with Crippen molar-refractivity contribution < 1.29 is 12.8 Å². The van der Waals surface area contributed by atoms with E-state index in [0.717, 1.165) is 23.0 Å². The van der Waals surface area contributed by atoms with Gasteiger partial charge in [-0.1, -0.05) is 24.3 Å². The standard InChI is InChI=1S/C19H15FN4O2S/c1-13-10-11-24-12-17(22-19(24)21-13)14-6-8-15(9-7-14)23-27(25,26)18-5-3-2-4-16(18)20/h2-12,23H,1H3. The van der Waals surface area contributed by atoms with Gasteiger partial charge in [-0.2, -0.15) is 0 Å². The summed E-state index contributed by atoms with van der Waals surface area (Å²) in [6.45, 7) is 1.89. The molecule has 0 spiro atoms. The Bertz CT molecular complexity index is 1230. The third-order valence-electron chi connectivity index (χ3n) is 4.02. The van der Waals surface area contributed by atoms with Crippen molar-refractivity contribution in [2.45, 2.75) is 11.8 Å². The summed E-state index contributed by atoms with van der Waals surface area (Å²) in [4.78, 5) is 8.43. The minimum atomic E-state index is -4.00. The molecule has 0 aliphatic carbocycles. The second-order valence-corrected chi connectivity index (χ2v) is 7.67. The molecular weight excluding hydrogens is 367 g/mol. The molecule has 136 valence electrons. The van der Waals surface area contributed by atoms with Crippen molar-refractivity contribution >= 4 is 21.5 Å². The molecule has 2 aromatic carbocycles. The highest BCUT2D eigenvalue weighted by molar-refractivity contribution is 7.92. The number of hydrogen-bond donors (Lipinski definition) is 1. The molecule has 4 rings (SSSR count). The third kappa shape index (κ3) is 3.39. The van der Waals surface area contributed by atoms with Gasteiger partial charge in [0.2, 0.25) is 5.78 Å². The summed E-state index contributed by atoms with van der Waals surface area (Å²) in [7, 11) is -4.00. The molecule has 0 bridgehead atoms. The van der Waals surface area contributed by atoms with Gasteiger partial charge in [-0.15, -0.1) is 0 Å². The van der Waals surface area contributed by atoms with Crippen molar-refractivity contribution in [2.24, 2.45) is 0 Å². The van der Waals surface area contributed by atoms with Gasteiger partial charge in [-0.3, -0.25) is 9.12 Å². The minimum Gasteiger partial charge on any atom is -0.291 e. The molecule has 6 nitrogen and oxygen atoms in total. The van der Waals surface area contributed by atoms with Crippen LogP contribution in [0.25, 0.3) is 17.0 Å². The molecule has 2 heterocycles. The van der Waals surface area contributed by atoms with Crippen LogP contribution < -0.4 is 4.72 Å². The molecule has 0 radical (unpaired) electrons. The number of halogens is 1. The van der Waals surface area contributed by atoms with Crippen LogP contribution in [-0.4, -0.2) is 22.8 Å². The summed E-state index contributed by atoms with van der Waals surface area (Å²) >= 11 is 0. The number of nitrogens with zero attached hydrogens (tertiary/aromatic N) is 3. The second-order valence-electron chi connectivity index (χ2n) is 6.02. The summed E-state index contributed by atoms with van der Waals surface area (Å²) in [6, 6.07) is 13.8. The average Bonchev–Trinajstić information content (AvgIpc) is 3.05. The van der Waals surface area contributed by atoms with Crippen LogP contribution in [0.15, 0.2) is 71.9 Å². The first-order valence-corrected chi connectivity index (χ1v) is 9.61. The topological polar surface area (TPSA) is 76.4 Å². The van der Waals surface area contributed by atoms with Gasteiger partial charge in [0.1, 0.15) is 10.7 Å². The zero-order chi connectivity index (χ0) is 19.0. The smallest absolute Gasteiger partial charge is 0.264 e. The van der Waals surface area contributed by atoms with Crippen molar-refractivity contribution in [3.63, 3.8) is 0 Å². The molecule has 27 heavy (non-hydrogen) atoms. The molecule has 1 N–H and O–H groups in total. The third-order valence-corrected chi connectivity index (χ3v) is 5.44. The van der Waals surface area contributed by atoms with E-state index in [0.29, 0.717) is 11.5 Å². The number of sulfonamides is 1. The maximum absolute atomic E-state index is 13.8. The first-order valence-electron chi connectivity index (χ1n) is 8.12. The molecule has 0 saturated carbocycles. The van der Waals surface area contributed by atoms with E-state index >= 15 is 0 Å². The molecule has 0 unspecified atom stereocenters. The van der Waals surface area contributed by atoms with E-state index in [9.17, 15) is 12.8 Å². The summed E-state index contributed by atoms with van der Waals surface area (Å²) < 4.78 is 42.7. The number of benzene rings is 2. The molecule has 0 amide bonds. The molecule has 4 aromatic rings. The van der Waals surface area contributed by atoms with Crippen LogP contribution in [0, 0.1) is 12.7 Å². The predicted octanol–water partition coefficient (Wildman–Crippen LogP) is 3.64. The minimum absolute atomic E-state index is 0.333. The van der Waals surface area contributed by atoms with Crippen LogP contribution in [0.3, 0.4) is 0 Å². The Morgan fingerprint density at radius 2 is 1.74 bits per heavy atom. The maximum atomic E-state index is 13.8. The number of hydrogen-bond acceptors (Lipinski definition) is 4. The summed E-state index contributed by atoms with van der Waals surface area (Å²) in [5.41, 5.74) is 2.74. The van der Waals surface area contributed by atoms with E-state index < -0.39 is 20.7 Å². The van der Waals surface area contributed by atoms with Crippen LogP contribution in [0.1, 0.15) is 5.69 Å². The summed E-state index contributed by atoms with van der Waals surface area (Å²) in [5.74, 6) is -0.205. The van der Waals surface area contributed by atoms with Gasteiger partial charge in [0.25, 0.3) is 10.0 Å². The number of aromatic nitrogens is 3. The highest BCUT2D eigenvalue weighted by atomic mass is 32.2. The normalized spacial score (nSPS) is 11.6. The van der Waals surface area contributed by atoms with Crippen molar-refractivity contribution in [1.82, 2.24) is 14.4 Å². The van der Waals surface area contributed by atoms with Gasteiger partial charge in [-0.05, 0) is 37.3 Å². The zero-order valence-corrected chi connectivity index (χ0v) is 15.1. The zero-order valence-electron chi connectivity index (χ0n) is 14.3. The molecule has 0 aliphatic heterocycles. The molecule has 8 heteroatoms. The second kappa shape index (κ2) is 6.48. The lowest BCUT2D eigenvalue weighted by Gasteiger charge is -2.09. The van der Waals surface area contributed by atoms with Gasteiger partial charge in [0.15, 0.2) is 0 Å². The molecule has 0 atom stereocenters. The maximum Gasteiger partial charge on any atom is 0.264 e. The fourth-order valence-electron chi connectivity index (χ4n) is 2.68. The van der Waals surface area contributed by atoms with Crippen LogP contribution >= 0.6 is 0 Å². The number of rotatable bonds is 4. The summed E-state index contributed by atoms with van der Waals surface area (Å²) in [6.07, 6.45) is 3.73. The lowest BCUT2D eigenvalue weighted by atomic mass is 10.1. The lowest BCUT2D eigenvalue weighted by Crippen LogP contribution is -2.14. The number of aryl methyl sites for hydroxylation is 1. The quantitative estimate of drug-likeness (QED) is 0.585. The fraction of sp³-hybridized carbons (Fsp3) is 0.0526. The molecular formula is C19H15FN4O2S. The van der Waals surface area contributed by atoms with Crippen molar-refractivity contribution in [1.29, 1.82) is 0 Å². The van der Waals surface area contributed by atoms with E-state index in [1.807, 2.05) is 29.8 Å². The van der Waals surface area contributed by atoms with E-state index in [4.69, 9.17) is 0 Å². The van der Waals surface area contributed by atoms with Crippen LogP contribution in [0.5, 0.6) is 0 Å². The lowest BCUT2D eigenvalue weighted by molar-refractivity contribution is 0.570. The average molecular weight is 382 g/mol. The largest absolute Gasteiger partial charge is 0.291 e. The number of fused-ring (bicyclic) bond motifs is 1. The van der Waals surface area contributed by atoms with Crippen molar-refractivity contribution in [2.75, 3.05) is 4.72 Å². The van der Waals surface area contributed by atoms with Gasteiger partial charge >= 0.3 is 0 Å². The van der Waals surface area contributed by atoms with Crippen molar-refractivity contribution in [3.8, 4) is 11.3 Å². The Balaban J connectivity index is 1.61. The van der Waals surface area contributed by atoms with Crippen LogP contribution in [0.4, 0.5) is 10.1 Å². The molecule has 0 saturated heterocycles. The Morgan fingerprint density at radius 3 is 2.48 bits per heavy atom. The van der Waals surface area contributed by atoms with Crippen molar-refractivity contribution in [3.05, 3.63) is 78.5 Å². The molecule has 0 aliphatic rings. The molecule has 0 fully saturated rings. The Morgan fingerprint density at radius 1 is 1.00 bits per heavy atom. The first kappa shape index (κ1) is 17.2. The van der Waals surface area contributed by atoms with E-state index in [1.165, 1.54) is 18.2 Å². The number of nitrogens with one attached hydrogen (secondary N) is 1. The highest BCUT2D eigenvalue weighted by Gasteiger charge is 2.18. The first-order chi connectivity index (χ1) is 12.9. The van der Waals surface area contributed by atoms with E-state index in [2.05, 4.69) is 14.7 Å². The monoisotopic (exact) mass is 382 g/mol. The SMILES string of the molecule is Cc1ccn2cc(-c3ccc(NS(=O)(=O)c4ccccc4F)cc3)nc2n1. The number of anilines is 1. The number of imidazole rings is 1. The molecule has 2 aromatic heterocycles. The Labute approximate surface area is 155 Å². The Hall–Kier alpha value is -3.26. The fourth-order valence-corrected chi connectivity index (χ4v) is 3.82. The van der Waals surface area contributed by atoms with Gasteiger partial charge in [-0.25, -0.2) is 22.8 Å². The van der Waals surface area contributed by atoms with Crippen LogP contribution in [0.2, 0.25) is 0 Å².